The molecule has 19 heteroatoms. The molecule has 0 bridgehead atoms. The van der Waals surface area contributed by atoms with Crippen molar-refractivity contribution in [2.75, 3.05) is 59.3 Å². The summed E-state index contributed by atoms with van der Waals surface area (Å²) in [5, 5.41) is 87.6. The lowest BCUT2D eigenvalue weighted by Gasteiger charge is -2.63. The van der Waals surface area contributed by atoms with Gasteiger partial charge in [-0.2, -0.15) is 5.10 Å². The van der Waals surface area contributed by atoms with Crippen molar-refractivity contribution >= 4 is 23.1 Å². The molecule has 16 saturated carbocycles. The summed E-state index contributed by atoms with van der Waals surface area (Å²) in [5.74, 6) is 12.4. The molecule has 3 aromatic heterocycles. The number of aliphatic hydroxyl groups is 8. The first kappa shape index (κ1) is 92.8. The minimum atomic E-state index is -0.545. The third-order valence-corrected chi connectivity index (χ3v) is 42.7. The fourth-order valence-corrected chi connectivity index (χ4v) is 37.1. The highest BCUT2D eigenvalue weighted by atomic mass is 16.5. The van der Waals surface area contributed by atoms with Crippen LogP contribution in [0.25, 0.3) is 0 Å². The maximum absolute atomic E-state index is 13.5. The lowest BCUT2D eigenvalue weighted by molar-refractivity contribution is -0.163. The molecule has 32 atom stereocenters. The highest BCUT2D eigenvalue weighted by molar-refractivity contribution is 5.85. The van der Waals surface area contributed by atoms with Crippen molar-refractivity contribution in [2.45, 2.75) is 354 Å². The fourth-order valence-electron chi connectivity index (χ4n) is 37.1. The Hall–Kier alpha value is -4.02. The molecule has 0 aromatic carbocycles. The summed E-state index contributed by atoms with van der Waals surface area (Å²) in [6.07, 6.45) is 55.9. The fraction of sp³-hybridized carbons (Fsp3) is 0.868. The molecule has 3 aromatic rings. The van der Waals surface area contributed by atoms with Crippen molar-refractivity contribution in [3.05, 3.63) is 61.7 Å². The van der Waals surface area contributed by atoms with Crippen LogP contribution in [-0.2, 0) is 43.5 Å². The smallest absolute Gasteiger partial charge is 0.157 e. The van der Waals surface area contributed by atoms with Crippen LogP contribution < -0.4 is 0 Å². The Kier molecular flexibility index (Phi) is 26.8. The van der Waals surface area contributed by atoms with E-state index in [2.05, 4.69) is 42.7 Å². The van der Waals surface area contributed by atoms with E-state index in [1.165, 1.54) is 103 Å². The molecule has 16 aliphatic carbocycles. The standard InChI is InChI=1S/C27H45NO4.C27H41NO3.2C26H40N2O3/c1-25(31)9-10-27(11-14-29)19(17-25)3-4-20-21-5-6-23(26(21,2)8-7-22(20)27)24(30)18-28-12-15-32-16-13-28;1-25(31)11-12-27(13-16-29)19(17-25)5-6-20-21-7-8-23(26(21,2)10-9-22(20)27)24(30)18-28-14-3-4-15-28;1-24(31)10-11-26(12-15-29)18(16-24)4-5-19-20-6-7-22(25(20,2)9-8-21(19)26)23(30)17-28-14-3-13-27-28;1-24(31)9-10-26(11-14-29)18(15-24)3-4-19-20-5-6-22(25(20,2)8-7-21(19)26)23(30)16-28-13-12-27-17-28/h19-23,29,31H,3-18H2,1-2H3;3-4,14-15,19-23,29,31H,5-13,16-18H2,1-2H3;3,13-14,18-22,29,31H,4-12,15-17H2,1-2H3;12-13,17-22,29,31H,3-11,14-16H2,1-2H3/t2*19-,20-,21-,22-,23+,25+,26-,27+;2*18-,19-,20-,21-,22+,24+,25-,26+/m0000/s1. The third-order valence-electron chi connectivity index (χ3n) is 42.7. The normalized spacial score (nSPS) is 47.4. The van der Waals surface area contributed by atoms with E-state index >= 15 is 0 Å². The Bertz CT molecular complexity index is 3840. The van der Waals surface area contributed by atoms with Crippen LogP contribution >= 0.6 is 0 Å². The maximum Gasteiger partial charge on any atom is 0.157 e. The summed E-state index contributed by atoms with van der Waals surface area (Å²) in [7, 11) is 0. The summed E-state index contributed by atoms with van der Waals surface area (Å²) in [6, 6.07) is 5.88. The average molecular weight is 1730 g/mol. The highest BCUT2D eigenvalue weighted by Crippen LogP contribution is 2.75. The van der Waals surface area contributed by atoms with E-state index in [-0.39, 0.29) is 93.4 Å². The quantitative estimate of drug-likeness (QED) is 0.0522. The number of hydrogen-bond acceptors (Lipinski definition) is 16. The number of ketones is 4. The number of carbonyl (C=O) groups is 4. The van der Waals surface area contributed by atoms with Crippen LogP contribution in [0.1, 0.15) is 312 Å². The van der Waals surface area contributed by atoms with Gasteiger partial charge in [-0.1, -0.05) is 27.7 Å². The van der Waals surface area contributed by atoms with E-state index in [0.717, 1.165) is 180 Å². The van der Waals surface area contributed by atoms with Gasteiger partial charge in [0.25, 0.3) is 0 Å². The molecule has 0 radical (unpaired) electrons. The predicted octanol–water partition coefficient (Wildman–Crippen LogP) is 16.9. The lowest BCUT2D eigenvalue weighted by Crippen LogP contribution is -2.57. The largest absolute Gasteiger partial charge is 0.396 e. The Morgan fingerprint density at radius 2 is 0.656 bits per heavy atom. The van der Waals surface area contributed by atoms with Gasteiger partial charge in [-0.25, -0.2) is 4.98 Å². The molecule has 17 fully saturated rings. The second-order valence-corrected chi connectivity index (χ2v) is 48.5. The SMILES string of the molecule is C[C@@]1(O)CC[C@@]2(CCO)[C@@H](CC[C@H]3[C@@H]4CC[C@H](C(=O)CN5CCOCC5)[C@@]4(C)CC[C@@H]32)C1.C[C@@]1(O)CC[C@@]2(CCO)[C@@H](CC[C@H]3[C@@H]4CC[C@H](C(=O)Cn5cccc5)[C@@]4(C)CC[C@@H]32)C1.C[C@@]1(O)CC[C@@]2(CCO)[C@@H](CC[C@H]3[C@@H]4CC[C@H](C(=O)Cn5cccn5)[C@@]4(C)CC[C@@H]32)C1.C[C@@]1(O)CC[C@@]2(CCO)[C@@H](CC[C@H]3[C@@H]4CC[C@H](C(=O)Cn5ccnc5)[C@@]4(C)CC[C@@H]32)C1. The van der Waals surface area contributed by atoms with Crippen molar-refractivity contribution in [1.82, 2.24) is 28.8 Å². The number of ether oxygens (including phenoxy) is 1. The van der Waals surface area contributed by atoms with Crippen LogP contribution in [0.2, 0.25) is 0 Å². The van der Waals surface area contributed by atoms with E-state index in [1.807, 2.05) is 79.8 Å². The molecule has 19 nitrogen and oxygen atoms in total. The van der Waals surface area contributed by atoms with E-state index in [4.69, 9.17) is 4.74 Å². The first-order valence-corrected chi connectivity index (χ1v) is 51.4. The molecule has 1 saturated heterocycles. The number of aromatic nitrogens is 5. The van der Waals surface area contributed by atoms with Gasteiger partial charge in [-0.3, -0.25) is 28.8 Å². The van der Waals surface area contributed by atoms with Gasteiger partial charge in [0.1, 0.15) is 5.78 Å². The molecule has 17 aliphatic rings. The first-order valence-electron chi connectivity index (χ1n) is 51.4. The molecule has 0 unspecified atom stereocenters. The van der Waals surface area contributed by atoms with Gasteiger partial charge in [-0.05, 0) is 441 Å². The predicted molar refractivity (Wildman–Crippen MR) is 484 cm³/mol. The zero-order chi connectivity index (χ0) is 88.1. The van der Waals surface area contributed by atoms with Gasteiger partial charge >= 0.3 is 0 Å². The molecular formula is C106H166N6O13. The van der Waals surface area contributed by atoms with Gasteiger partial charge in [0.05, 0.1) is 68.1 Å². The molecule has 8 N–H and O–H groups in total. The molecule has 0 spiro atoms. The minimum absolute atomic E-state index is 0.110. The third kappa shape index (κ3) is 17.0. The van der Waals surface area contributed by atoms with Gasteiger partial charge in [0.2, 0.25) is 0 Å². The molecule has 698 valence electrons. The van der Waals surface area contributed by atoms with Crippen LogP contribution in [0.15, 0.2) is 61.7 Å². The molecule has 20 rings (SSSR count). The van der Waals surface area contributed by atoms with Gasteiger partial charge in [0, 0.05) is 100 Å². The summed E-state index contributed by atoms with van der Waals surface area (Å²) in [5.41, 5.74) is -0.853. The van der Waals surface area contributed by atoms with Crippen molar-refractivity contribution in [3.8, 4) is 0 Å². The number of Topliss-reactive ketones (excluding diaryl/α,β-unsaturated/α-hetero) is 4. The summed E-state index contributed by atoms with van der Waals surface area (Å²) in [6.45, 7) is 24.0. The van der Waals surface area contributed by atoms with E-state index in [1.54, 1.807) is 23.4 Å². The van der Waals surface area contributed by atoms with Crippen molar-refractivity contribution in [3.63, 3.8) is 0 Å². The number of morpholine rings is 1. The van der Waals surface area contributed by atoms with Crippen LogP contribution in [-0.4, -0.2) is 174 Å². The second-order valence-electron chi connectivity index (χ2n) is 48.5. The maximum atomic E-state index is 13.5. The second kappa shape index (κ2) is 36.1. The van der Waals surface area contributed by atoms with E-state index in [0.29, 0.717) is 144 Å². The Balaban J connectivity index is 0.000000118. The monoisotopic (exact) mass is 1730 g/mol. The summed E-state index contributed by atoms with van der Waals surface area (Å²) in [4.78, 5) is 59.7. The number of fused-ring (bicyclic) bond motifs is 20. The Morgan fingerprint density at radius 3 is 0.960 bits per heavy atom. The van der Waals surface area contributed by atoms with Crippen LogP contribution in [0.4, 0.5) is 0 Å². The summed E-state index contributed by atoms with van der Waals surface area (Å²) < 4.78 is 11.2. The van der Waals surface area contributed by atoms with E-state index < -0.39 is 22.4 Å². The minimum Gasteiger partial charge on any atom is -0.396 e. The molecule has 1 aliphatic heterocycles. The summed E-state index contributed by atoms with van der Waals surface area (Å²) >= 11 is 0. The van der Waals surface area contributed by atoms with Gasteiger partial charge in [-0.15, -0.1) is 0 Å². The van der Waals surface area contributed by atoms with Crippen molar-refractivity contribution in [2.24, 2.45) is 162 Å². The van der Waals surface area contributed by atoms with Gasteiger partial charge < -0.3 is 54.7 Å². The van der Waals surface area contributed by atoms with Gasteiger partial charge in [0.15, 0.2) is 17.3 Å². The number of carbonyl (C=O) groups excluding carboxylic acids is 4. The first-order chi connectivity index (χ1) is 59.7. The van der Waals surface area contributed by atoms with Crippen molar-refractivity contribution < 1.29 is 64.8 Å². The van der Waals surface area contributed by atoms with Crippen LogP contribution in [0.3, 0.4) is 0 Å². The lowest BCUT2D eigenvalue weighted by atomic mass is 9.42. The highest BCUT2D eigenvalue weighted by Gasteiger charge is 2.69. The van der Waals surface area contributed by atoms with Crippen LogP contribution in [0, 0.1) is 162 Å². The number of hydrogen-bond donors (Lipinski definition) is 8. The molecule has 125 heavy (non-hydrogen) atoms. The topological polar surface area (TPSA) is 283 Å². The Labute approximate surface area is 749 Å². The number of imidazole rings is 1. The molecular weight excluding hydrogens is 1570 g/mol. The Morgan fingerprint density at radius 1 is 0.336 bits per heavy atom. The van der Waals surface area contributed by atoms with E-state index in [9.17, 15) is 60.0 Å². The zero-order valence-electron chi connectivity index (χ0n) is 78.4. The number of nitrogens with zero attached hydrogens (tertiary/aromatic N) is 6. The molecule has 0 amide bonds. The van der Waals surface area contributed by atoms with Crippen molar-refractivity contribution in [1.29, 1.82) is 0 Å². The number of rotatable bonds is 20. The van der Waals surface area contributed by atoms with Crippen LogP contribution in [0.5, 0.6) is 0 Å². The number of aliphatic hydroxyl groups excluding tert-OH is 4. The average Bonchev–Trinajstić information content (AvgIpc) is 1.70. The zero-order valence-corrected chi connectivity index (χ0v) is 78.4. The molecule has 4 heterocycles.